The van der Waals surface area contributed by atoms with E-state index in [9.17, 15) is 4.79 Å². The van der Waals surface area contributed by atoms with Crippen molar-refractivity contribution in [3.63, 3.8) is 0 Å². The monoisotopic (exact) mass is 174 g/mol. The van der Waals surface area contributed by atoms with E-state index < -0.39 is 0 Å². The molecule has 1 aromatic heterocycles. The summed E-state index contributed by atoms with van der Waals surface area (Å²) in [6.45, 7) is 0.534. The first-order valence-electron chi connectivity index (χ1n) is 3.96. The lowest BCUT2D eigenvalue weighted by atomic mass is 10.2. The van der Waals surface area contributed by atoms with E-state index in [1.165, 1.54) is 10.8 Å². The largest absolute Gasteiger partial charge is 0.601 e. The highest BCUT2D eigenvalue weighted by molar-refractivity contribution is 5.14. The second kappa shape index (κ2) is 3.31. The van der Waals surface area contributed by atoms with Crippen LogP contribution in [-0.2, 0) is 6.54 Å². The third kappa shape index (κ3) is 1.69. The van der Waals surface area contributed by atoms with E-state index in [0.717, 1.165) is 5.56 Å². The Kier molecular flexibility index (Phi) is 2.00. The summed E-state index contributed by atoms with van der Waals surface area (Å²) >= 11 is 0. The molecule has 0 unspecified atom stereocenters. The van der Waals surface area contributed by atoms with Crippen LogP contribution in [0.5, 0.6) is 0 Å². The predicted molar refractivity (Wildman–Crippen MR) is 47.3 cm³/mol. The summed E-state index contributed by atoms with van der Waals surface area (Å²) in [5.41, 5.74) is 1.07. The number of hydrogen-bond acceptors (Lipinski definition) is 2. The van der Waals surface area contributed by atoms with Crippen LogP contribution in [0.1, 0.15) is 5.56 Å². The Morgan fingerprint density at radius 3 is 2.69 bits per heavy atom. The molecule has 0 aliphatic heterocycles. The summed E-state index contributed by atoms with van der Waals surface area (Å²) in [7, 11) is 0. The van der Waals surface area contributed by atoms with Gasteiger partial charge in [-0.1, -0.05) is 42.8 Å². The van der Waals surface area contributed by atoms with Gasteiger partial charge in [0, 0.05) is 6.54 Å². The molecule has 2 rings (SSSR count). The fourth-order valence-corrected chi connectivity index (χ4v) is 1.14. The molecule has 13 heavy (non-hydrogen) atoms. The molecular weight excluding hydrogens is 166 g/mol. The second-order valence-corrected chi connectivity index (χ2v) is 2.73. The number of hydrogen-bond donors (Lipinski definition) is 0. The van der Waals surface area contributed by atoms with Crippen LogP contribution in [-0.4, -0.2) is 4.57 Å². The second-order valence-electron chi connectivity index (χ2n) is 2.73. The van der Waals surface area contributed by atoms with Crippen LogP contribution >= 0.6 is 0 Å². The van der Waals surface area contributed by atoms with Crippen molar-refractivity contribution >= 4 is 0 Å². The van der Waals surface area contributed by atoms with Crippen LogP contribution in [0.25, 0.3) is 0 Å². The van der Waals surface area contributed by atoms with Gasteiger partial charge < -0.3 is 13.8 Å². The van der Waals surface area contributed by atoms with E-state index in [1.54, 1.807) is 0 Å². The molecule has 1 heterocycles. The molecule has 0 saturated heterocycles. The van der Waals surface area contributed by atoms with E-state index in [4.69, 9.17) is 0 Å². The van der Waals surface area contributed by atoms with Gasteiger partial charge in [-0.05, 0) is 5.56 Å². The number of aromatic nitrogens is 1. The van der Waals surface area contributed by atoms with Crippen LogP contribution in [0.4, 0.5) is 0 Å². The maximum Gasteiger partial charge on any atom is 0.252 e. The Bertz CT molecular complexity index is 427. The minimum Gasteiger partial charge on any atom is -0.601 e. The summed E-state index contributed by atoms with van der Waals surface area (Å²) in [6, 6.07) is 9.72. The van der Waals surface area contributed by atoms with Crippen molar-refractivity contribution in [2.24, 2.45) is 0 Å². The number of benzene rings is 1. The SMILES string of the molecule is O=c1o[c-]cn1Cc1ccccc1. The summed E-state index contributed by atoms with van der Waals surface area (Å²) in [5.74, 6) is -0.371. The highest BCUT2D eigenvalue weighted by Gasteiger charge is 1.91. The lowest BCUT2D eigenvalue weighted by molar-refractivity contribution is 0.481. The third-order valence-corrected chi connectivity index (χ3v) is 1.79. The molecule has 1 aromatic carbocycles. The van der Waals surface area contributed by atoms with Crippen molar-refractivity contribution in [2.75, 3.05) is 0 Å². The summed E-state index contributed by atoms with van der Waals surface area (Å²) in [5, 5.41) is 0. The van der Waals surface area contributed by atoms with Crippen molar-refractivity contribution < 1.29 is 4.42 Å². The first-order chi connectivity index (χ1) is 6.36. The predicted octanol–water partition coefficient (Wildman–Crippen LogP) is 1.29. The highest BCUT2D eigenvalue weighted by atomic mass is 16.4. The van der Waals surface area contributed by atoms with Crippen molar-refractivity contribution in [3.05, 3.63) is 58.9 Å². The van der Waals surface area contributed by atoms with Crippen LogP contribution < -0.4 is 5.76 Å². The Labute approximate surface area is 75.2 Å². The molecule has 0 aliphatic rings. The molecule has 0 amide bonds. The normalized spacial score (nSPS) is 10.2. The Morgan fingerprint density at radius 1 is 1.31 bits per heavy atom. The van der Waals surface area contributed by atoms with Gasteiger partial charge in [-0.3, -0.25) is 0 Å². The third-order valence-electron chi connectivity index (χ3n) is 1.79. The van der Waals surface area contributed by atoms with Gasteiger partial charge in [0.25, 0.3) is 5.76 Å². The maximum atomic E-state index is 11.0. The molecule has 0 bridgehead atoms. The van der Waals surface area contributed by atoms with Gasteiger partial charge in [0.1, 0.15) is 0 Å². The van der Waals surface area contributed by atoms with Crippen LogP contribution in [0.2, 0.25) is 0 Å². The Hall–Kier alpha value is -1.77. The summed E-state index contributed by atoms with van der Waals surface area (Å²) in [6.07, 6.45) is 3.90. The average molecular weight is 174 g/mol. The smallest absolute Gasteiger partial charge is 0.252 e. The molecule has 0 radical (unpaired) electrons. The number of rotatable bonds is 2. The van der Waals surface area contributed by atoms with Gasteiger partial charge in [-0.2, -0.15) is 0 Å². The van der Waals surface area contributed by atoms with Gasteiger partial charge in [0.05, 0.1) is 0 Å². The lowest BCUT2D eigenvalue weighted by Gasteiger charge is -2.03. The molecule has 0 aliphatic carbocycles. The van der Waals surface area contributed by atoms with Gasteiger partial charge in [0.15, 0.2) is 0 Å². The number of oxazole rings is 1. The Balaban J connectivity index is 2.25. The minimum atomic E-state index is -0.371. The molecular formula is C10H8NO2-. The molecule has 2 aromatic rings. The lowest BCUT2D eigenvalue weighted by Crippen LogP contribution is -2.13. The minimum absolute atomic E-state index is 0.371. The molecule has 0 N–H and O–H groups in total. The first-order valence-corrected chi connectivity index (χ1v) is 3.96. The zero-order chi connectivity index (χ0) is 9.10. The average Bonchev–Trinajstić information content (AvgIpc) is 2.54. The van der Waals surface area contributed by atoms with Gasteiger partial charge >= 0.3 is 0 Å². The van der Waals surface area contributed by atoms with Crippen LogP contribution in [0.15, 0.2) is 45.7 Å². The number of nitrogens with zero attached hydrogens (tertiary/aromatic N) is 1. The van der Waals surface area contributed by atoms with E-state index in [0.29, 0.717) is 6.54 Å². The Morgan fingerprint density at radius 2 is 2.08 bits per heavy atom. The van der Waals surface area contributed by atoms with Gasteiger partial charge in [-0.25, -0.2) is 0 Å². The van der Waals surface area contributed by atoms with Crippen molar-refractivity contribution in [1.29, 1.82) is 0 Å². The molecule has 66 valence electrons. The maximum absolute atomic E-state index is 11.0. The topological polar surface area (TPSA) is 35.1 Å². The highest BCUT2D eigenvalue weighted by Crippen LogP contribution is 1.99. The van der Waals surface area contributed by atoms with Crippen molar-refractivity contribution in [3.8, 4) is 0 Å². The van der Waals surface area contributed by atoms with Crippen molar-refractivity contribution in [1.82, 2.24) is 4.57 Å². The fraction of sp³-hybridized carbons (Fsp3) is 0.100. The summed E-state index contributed by atoms with van der Waals surface area (Å²) in [4.78, 5) is 11.0. The first kappa shape index (κ1) is 7.86. The van der Waals surface area contributed by atoms with E-state index in [2.05, 4.69) is 10.7 Å². The zero-order valence-electron chi connectivity index (χ0n) is 6.93. The van der Waals surface area contributed by atoms with Crippen LogP contribution in [0.3, 0.4) is 0 Å². The van der Waals surface area contributed by atoms with E-state index >= 15 is 0 Å². The van der Waals surface area contributed by atoms with E-state index in [1.807, 2.05) is 30.3 Å². The molecule has 0 saturated carbocycles. The fourth-order valence-electron chi connectivity index (χ4n) is 1.14. The zero-order valence-corrected chi connectivity index (χ0v) is 6.93. The standard InChI is InChI=1S/C10H8NO2/c12-10-11(6-7-13-10)8-9-4-2-1-3-5-9/h1-6H,8H2/q-1. The van der Waals surface area contributed by atoms with Gasteiger partial charge in [-0.15, -0.1) is 0 Å². The molecule has 0 spiro atoms. The summed E-state index contributed by atoms with van der Waals surface area (Å²) < 4.78 is 5.99. The quantitative estimate of drug-likeness (QED) is 0.643. The molecule has 3 nitrogen and oxygen atoms in total. The molecule has 0 atom stereocenters. The van der Waals surface area contributed by atoms with Crippen LogP contribution in [0, 0.1) is 6.26 Å². The molecule has 3 heteroatoms. The van der Waals surface area contributed by atoms with Crippen molar-refractivity contribution in [2.45, 2.75) is 6.54 Å². The van der Waals surface area contributed by atoms with Gasteiger partial charge in [0.2, 0.25) is 0 Å². The van der Waals surface area contributed by atoms with E-state index in [-0.39, 0.29) is 5.76 Å². The molecule has 0 fully saturated rings.